The summed E-state index contributed by atoms with van der Waals surface area (Å²) in [7, 11) is 0. The highest BCUT2D eigenvalue weighted by molar-refractivity contribution is 7.09. The lowest BCUT2D eigenvalue weighted by Crippen LogP contribution is -2.05. The number of aromatic nitrogens is 1. The van der Waals surface area contributed by atoms with Crippen LogP contribution >= 0.6 is 11.3 Å². The SMILES string of the molecule is CC(C)c1nc(CCNc2ccccc2)cs1. The topological polar surface area (TPSA) is 24.9 Å². The molecule has 0 aliphatic carbocycles. The molecule has 1 aromatic carbocycles. The van der Waals surface area contributed by atoms with Crippen molar-refractivity contribution >= 4 is 17.0 Å². The van der Waals surface area contributed by atoms with Gasteiger partial charge in [0.05, 0.1) is 10.7 Å². The monoisotopic (exact) mass is 246 g/mol. The molecule has 0 aliphatic heterocycles. The number of para-hydroxylation sites is 1. The summed E-state index contributed by atoms with van der Waals surface area (Å²) in [5.74, 6) is 0.538. The molecule has 1 heterocycles. The maximum absolute atomic E-state index is 4.62. The van der Waals surface area contributed by atoms with Crippen molar-refractivity contribution in [2.75, 3.05) is 11.9 Å². The Balaban J connectivity index is 1.82. The number of hydrogen-bond donors (Lipinski definition) is 1. The van der Waals surface area contributed by atoms with E-state index in [2.05, 4.69) is 41.7 Å². The summed E-state index contributed by atoms with van der Waals surface area (Å²) in [5, 5.41) is 6.80. The van der Waals surface area contributed by atoms with Gasteiger partial charge in [-0.2, -0.15) is 0 Å². The molecule has 17 heavy (non-hydrogen) atoms. The first-order chi connectivity index (χ1) is 8.25. The molecule has 1 aromatic heterocycles. The first-order valence-corrected chi connectivity index (χ1v) is 6.87. The molecule has 2 nitrogen and oxygen atoms in total. The lowest BCUT2D eigenvalue weighted by molar-refractivity contribution is 0.835. The molecular weight excluding hydrogens is 228 g/mol. The lowest BCUT2D eigenvalue weighted by atomic mass is 10.2. The van der Waals surface area contributed by atoms with Gasteiger partial charge < -0.3 is 5.32 Å². The third kappa shape index (κ3) is 3.56. The molecule has 2 rings (SSSR count). The molecule has 0 saturated carbocycles. The molecule has 0 atom stereocenters. The van der Waals surface area contributed by atoms with Crippen LogP contribution in [0, 0.1) is 0 Å². The van der Waals surface area contributed by atoms with Crippen LogP contribution in [0.4, 0.5) is 5.69 Å². The quantitative estimate of drug-likeness (QED) is 0.865. The largest absolute Gasteiger partial charge is 0.385 e. The molecule has 90 valence electrons. The summed E-state index contributed by atoms with van der Waals surface area (Å²) in [6, 6.07) is 10.3. The number of rotatable bonds is 5. The Bertz CT molecular complexity index is 448. The van der Waals surface area contributed by atoms with E-state index in [-0.39, 0.29) is 0 Å². The molecule has 0 spiro atoms. The van der Waals surface area contributed by atoms with Gasteiger partial charge in [-0.3, -0.25) is 0 Å². The Morgan fingerprint density at radius 2 is 2.00 bits per heavy atom. The molecule has 0 unspecified atom stereocenters. The Hall–Kier alpha value is -1.35. The van der Waals surface area contributed by atoms with Crippen LogP contribution in [-0.2, 0) is 6.42 Å². The van der Waals surface area contributed by atoms with Gasteiger partial charge in [0.2, 0.25) is 0 Å². The second-order valence-electron chi connectivity index (χ2n) is 4.37. The van der Waals surface area contributed by atoms with Crippen LogP contribution in [0.25, 0.3) is 0 Å². The fourth-order valence-corrected chi connectivity index (χ4v) is 2.46. The van der Waals surface area contributed by atoms with Crippen LogP contribution in [-0.4, -0.2) is 11.5 Å². The second-order valence-corrected chi connectivity index (χ2v) is 5.26. The van der Waals surface area contributed by atoms with Gasteiger partial charge in [-0.1, -0.05) is 32.0 Å². The van der Waals surface area contributed by atoms with Gasteiger partial charge >= 0.3 is 0 Å². The zero-order valence-corrected chi connectivity index (χ0v) is 11.1. The van der Waals surface area contributed by atoms with Crippen LogP contribution < -0.4 is 5.32 Å². The van der Waals surface area contributed by atoms with E-state index in [4.69, 9.17) is 0 Å². The number of nitrogens with one attached hydrogen (secondary N) is 1. The third-order valence-electron chi connectivity index (χ3n) is 2.55. The van der Waals surface area contributed by atoms with E-state index in [9.17, 15) is 0 Å². The minimum atomic E-state index is 0.538. The summed E-state index contributed by atoms with van der Waals surface area (Å²) in [5.41, 5.74) is 2.37. The van der Waals surface area contributed by atoms with Crippen molar-refractivity contribution in [2.24, 2.45) is 0 Å². The smallest absolute Gasteiger partial charge is 0.0953 e. The van der Waals surface area contributed by atoms with Gasteiger partial charge in [0.25, 0.3) is 0 Å². The minimum Gasteiger partial charge on any atom is -0.385 e. The average Bonchev–Trinajstić information content (AvgIpc) is 2.79. The predicted octanol–water partition coefficient (Wildman–Crippen LogP) is 3.92. The van der Waals surface area contributed by atoms with E-state index < -0.39 is 0 Å². The zero-order valence-electron chi connectivity index (χ0n) is 10.3. The van der Waals surface area contributed by atoms with Crippen LogP contribution in [0.5, 0.6) is 0 Å². The first-order valence-electron chi connectivity index (χ1n) is 5.99. The summed E-state index contributed by atoms with van der Waals surface area (Å²) < 4.78 is 0. The third-order valence-corrected chi connectivity index (χ3v) is 3.74. The molecule has 0 radical (unpaired) electrons. The van der Waals surface area contributed by atoms with Crippen molar-refractivity contribution in [3.63, 3.8) is 0 Å². The normalized spacial score (nSPS) is 10.8. The maximum Gasteiger partial charge on any atom is 0.0953 e. The number of benzene rings is 1. The van der Waals surface area contributed by atoms with Gasteiger partial charge in [-0.25, -0.2) is 4.98 Å². The number of anilines is 1. The Morgan fingerprint density at radius 1 is 1.24 bits per heavy atom. The van der Waals surface area contributed by atoms with E-state index in [1.165, 1.54) is 16.4 Å². The predicted molar refractivity (Wildman–Crippen MR) is 74.8 cm³/mol. The lowest BCUT2D eigenvalue weighted by Gasteiger charge is -2.04. The van der Waals surface area contributed by atoms with E-state index in [1.807, 2.05) is 18.2 Å². The zero-order chi connectivity index (χ0) is 12.1. The van der Waals surface area contributed by atoms with Crippen molar-refractivity contribution in [2.45, 2.75) is 26.2 Å². The summed E-state index contributed by atoms with van der Waals surface area (Å²) in [6.45, 7) is 5.31. The molecule has 1 N–H and O–H groups in total. The van der Waals surface area contributed by atoms with Crippen molar-refractivity contribution in [1.82, 2.24) is 4.98 Å². The Kier molecular flexibility index (Phi) is 4.15. The van der Waals surface area contributed by atoms with Crippen LogP contribution in [0.15, 0.2) is 35.7 Å². The summed E-state index contributed by atoms with van der Waals surface area (Å²) >= 11 is 1.77. The number of hydrogen-bond acceptors (Lipinski definition) is 3. The molecule has 0 fully saturated rings. The fraction of sp³-hybridized carbons (Fsp3) is 0.357. The summed E-state index contributed by atoms with van der Waals surface area (Å²) in [4.78, 5) is 4.62. The van der Waals surface area contributed by atoms with Crippen molar-refractivity contribution in [3.05, 3.63) is 46.4 Å². The van der Waals surface area contributed by atoms with Gasteiger partial charge in [-0.05, 0) is 12.1 Å². The van der Waals surface area contributed by atoms with Crippen molar-refractivity contribution < 1.29 is 0 Å². The highest BCUT2D eigenvalue weighted by Crippen LogP contribution is 2.19. The molecule has 0 bridgehead atoms. The van der Waals surface area contributed by atoms with Crippen molar-refractivity contribution in [1.29, 1.82) is 0 Å². The first kappa shape index (κ1) is 12.1. The fourth-order valence-electron chi connectivity index (χ4n) is 1.59. The Morgan fingerprint density at radius 3 is 2.65 bits per heavy atom. The van der Waals surface area contributed by atoms with E-state index in [0.717, 1.165) is 13.0 Å². The van der Waals surface area contributed by atoms with Crippen LogP contribution in [0.1, 0.15) is 30.5 Å². The molecular formula is C14H18N2S. The molecule has 0 amide bonds. The van der Waals surface area contributed by atoms with Gasteiger partial charge in [0.15, 0.2) is 0 Å². The Labute approximate surface area is 107 Å². The molecule has 3 heteroatoms. The maximum atomic E-state index is 4.62. The molecule has 0 aliphatic rings. The highest BCUT2D eigenvalue weighted by Gasteiger charge is 2.05. The standard InChI is InChI=1S/C14H18N2S/c1-11(2)14-16-13(10-17-14)8-9-15-12-6-4-3-5-7-12/h3-7,10-11,15H,8-9H2,1-2H3. The average molecular weight is 246 g/mol. The number of nitrogens with zero attached hydrogens (tertiary/aromatic N) is 1. The van der Waals surface area contributed by atoms with E-state index >= 15 is 0 Å². The van der Waals surface area contributed by atoms with Crippen LogP contribution in [0.2, 0.25) is 0 Å². The number of thiazole rings is 1. The van der Waals surface area contributed by atoms with Gasteiger partial charge in [-0.15, -0.1) is 11.3 Å². The molecule has 2 aromatic rings. The van der Waals surface area contributed by atoms with Crippen LogP contribution in [0.3, 0.4) is 0 Å². The van der Waals surface area contributed by atoms with E-state index in [1.54, 1.807) is 11.3 Å². The van der Waals surface area contributed by atoms with E-state index in [0.29, 0.717) is 5.92 Å². The second kappa shape index (κ2) is 5.82. The van der Waals surface area contributed by atoms with Gasteiger partial charge in [0.1, 0.15) is 0 Å². The van der Waals surface area contributed by atoms with Crippen molar-refractivity contribution in [3.8, 4) is 0 Å². The molecule has 0 saturated heterocycles. The minimum absolute atomic E-state index is 0.538. The van der Waals surface area contributed by atoms with Gasteiger partial charge in [0, 0.05) is 30.0 Å². The summed E-state index contributed by atoms with van der Waals surface area (Å²) in [6.07, 6.45) is 0.984. The highest BCUT2D eigenvalue weighted by atomic mass is 32.1.